The molecular formula is C24H28F4N2O3S. The highest BCUT2D eigenvalue weighted by Crippen LogP contribution is 2.31. The Balaban J connectivity index is 1.27. The first kappa shape index (κ1) is 24.9. The van der Waals surface area contributed by atoms with Gasteiger partial charge < -0.3 is 9.64 Å². The highest BCUT2D eigenvalue weighted by atomic mass is 32.2. The number of likely N-dealkylation sites (tertiary alicyclic amines) is 1. The molecule has 34 heavy (non-hydrogen) atoms. The van der Waals surface area contributed by atoms with Crippen LogP contribution >= 0.6 is 0 Å². The van der Waals surface area contributed by atoms with Gasteiger partial charge in [-0.1, -0.05) is 30.3 Å². The maximum atomic E-state index is 13.8. The first-order chi connectivity index (χ1) is 16.1. The van der Waals surface area contributed by atoms with Crippen molar-refractivity contribution in [3.8, 4) is 5.75 Å². The number of piperidine rings is 2. The molecule has 2 aromatic carbocycles. The smallest absolute Gasteiger partial charge is 0.416 e. The van der Waals surface area contributed by atoms with E-state index >= 15 is 0 Å². The summed E-state index contributed by atoms with van der Waals surface area (Å²) in [5.41, 5.74) is -0.713. The van der Waals surface area contributed by atoms with Crippen LogP contribution in [0.15, 0.2) is 48.5 Å². The van der Waals surface area contributed by atoms with E-state index in [0.29, 0.717) is 25.9 Å². The largest absolute Gasteiger partial charge is 0.487 e. The Kier molecular flexibility index (Phi) is 7.49. The van der Waals surface area contributed by atoms with E-state index in [4.69, 9.17) is 4.74 Å². The fourth-order valence-electron chi connectivity index (χ4n) is 4.70. The van der Waals surface area contributed by atoms with Crippen molar-refractivity contribution in [2.24, 2.45) is 0 Å². The molecule has 2 saturated heterocycles. The Morgan fingerprint density at radius 3 is 2.24 bits per heavy atom. The van der Waals surface area contributed by atoms with E-state index in [2.05, 4.69) is 4.90 Å². The van der Waals surface area contributed by atoms with Crippen LogP contribution in [0, 0.1) is 5.82 Å². The van der Waals surface area contributed by atoms with Crippen molar-refractivity contribution in [3.05, 3.63) is 65.5 Å². The molecule has 2 fully saturated rings. The first-order valence-electron chi connectivity index (χ1n) is 11.4. The zero-order valence-corrected chi connectivity index (χ0v) is 19.5. The lowest BCUT2D eigenvalue weighted by Crippen LogP contribution is -2.50. The number of rotatable bonds is 6. The molecule has 0 bridgehead atoms. The van der Waals surface area contributed by atoms with E-state index < -0.39 is 27.5 Å². The molecule has 186 valence electrons. The van der Waals surface area contributed by atoms with Gasteiger partial charge in [-0.15, -0.1) is 0 Å². The normalized spacial score (nSPS) is 19.9. The monoisotopic (exact) mass is 500 g/mol. The third-order valence-electron chi connectivity index (χ3n) is 6.54. The maximum absolute atomic E-state index is 13.8. The summed E-state index contributed by atoms with van der Waals surface area (Å²) >= 11 is 0. The van der Waals surface area contributed by atoms with E-state index in [1.165, 1.54) is 22.5 Å². The molecular weight excluding hydrogens is 472 g/mol. The average Bonchev–Trinajstić information content (AvgIpc) is 2.81. The second kappa shape index (κ2) is 10.2. The predicted molar refractivity (Wildman–Crippen MR) is 120 cm³/mol. The number of para-hydroxylation sites is 1. The van der Waals surface area contributed by atoms with Crippen molar-refractivity contribution < 1.29 is 30.7 Å². The van der Waals surface area contributed by atoms with Gasteiger partial charge in [0, 0.05) is 32.2 Å². The standard InChI is InChI=1S/C24H28F4N2O3S/c25-22-6-1-2-7-23(22)33-21-10-12-29(13-11-21)20-8-14-30(15-9-20)34(31,32)17-18-4-3-5-19(16-18)24(26,27)28/h1-7,16,20-21H,8-15,17H2. The quantitative estimate of drug-likeness (QED) is 0.541. The molecule has 2 heterocycles. The van der Waals surface area contributed by atoms with Gasteiger partial charge in [-0.25, -0.2) is 17.1 Å². The third-order valence-corrected chi connectivity index (χ3v) is 8.39. The van der Waals surface area contributed by atoms with Crippen LogP contribution in [0.5, 0.6) is 5.75 Å². The number of benzene rings is 2. The summed E-state index contributed by atoms with van der Waals surface area (Å²) < 4.78 is 85.5. The lowest BCUT2D eigenvalue weighted by atomic mass is 10.00. The van der Waals surface area contributed by atoms with Crippen molar-refractivity contribution >= 4 is 10.0 Å². The van der Waals surface area contributed by atoms with Gasteiger partial charge in [0.1, 0.15) is 6.10 Å². The van der Waals surface area contributed by atoms with E-state index in [0.717, 1.165) is 38.1 Å². The van der Waals surface area contributed by atoms with Crippen molar-refractivity contribution in [2.45, 2.75) is 49.8 Å². The molecule has 4 rings (SSSR count). The van der Waals surface area contributed by atoms with E-state index in [-0.39, 0.29) is 29.3 Å². The molecule has 0 saturated carbocycles. The van der Waals surface area contributed by atoms with Crippen LogP contribution in [-0.4, -0.2) is 55.9 Å². The lowest BCUT2D eigenvalue weighted by molar-refractivity contribution is -0.137. The summed E-state index contributed by atoms with van der Waals surface area (Å²) in [6, 6.07) is 11.1. The zero-order chi connectivity index (χ0) is 24.3. The van der Waals surface area contributed by atoms with Gasteiger partial charge in [-0.3, -0.25) is 0 Å². The van der Waals surface area contributed by atoms with E-state index in [1.807, 2.05) is 0 Å². The Hall–Kier alpha value is -2.17. The van der Waals surface area contributed by atoms with Gasteiger partial charge in [0.15, 0.2) is 11.6 Å². The van der Waals surface area contributed by atoms with Crippen molar-refractivity contribution in [1.29, 1.82) is 0 Å². The van der Waals surface area contributed by atoms with Gasteiger partial charge in [-0.2, -0.15) is 13.2 Å². The van der Waals surface area contributed by atoms with Gasteiger partial charge in [0.05, 0.1) is 11.3 Å². The minimum Gasteiger partial charge on any atom is -0.487 e. The Bertz CT molecular complexity index is 1080. The van der Waals surface area contributed by atoms with Gasteiger partial charge in [-0.05, 0) is 49.4 Å². The SMILES string of the molecule is O=S(=O)(Cc1cccc(C(F)(F)F)c1)N1CCC(N2CCC(Oc3ccccc3F)CC2)CC1. The van der Waals surface area contributed by atoms with Crippen LogP contribution in [0.25, 0.3) is 0 Å². The summed E-state index contributed by atoms with van der Waals surface area (Å²) in [7, 11) is -3.71. The Morgan fingerprint density at radius 2 is 1.59 bits per heavy atom. The van der Waals surface area contributed by atoms with Crippen LogP contribution in [0.1, 0.15) is 36.8 Å². The summed E-state index contributed by atoms with van der Waals surface area (Å²) in [5, 5.41) is 0. The van der Waals surface area contributed by atoms with E-state index in [9.17, 15) is 26.0 Å². The molecule has 0 aliphatic carbocycles. The van der Waals surface area contributed by atoms with Crippen molar-refractivity contribution in [2.75, 3.05) is 26.2 Å². The van der Waals surface area contributed by atoms with Crippen molar-refractivity contribution in [3.63, 3.8) is 0 Å². The minimum absolute atomic E-state index is 0.0546. The van der Waals surface area contributed by atoms with Gasteiger partial charge >= 0.3 is 6.18 Å². The second-order valence-corrected chi connectivity index (χ2v) is 10.8. The molecule has 0 N–H and O–H groups in total. The second-order valence-electron chi connectivity index (χ2n) is 8.87. The number of sulfonamides is 1. The molecule has 0 amide bonds. The molecule has 2 aliphatic rings. The Labute approximate surface area is 197 Å². The van der Waals surface area contributed by atoms with Crippen LogP contribution < -0.4 is 4.74 Å². The first-order valence-corrected chi connectivity index (χ1v) is 13.0. The van der Waals surface area contributed by atoms with E-state index in [1.54, 1.807) is 18.2 Å². The average molecular weight is 501 g/mol. The Morgan fingerprint density at radius 1 is 0.912 bits per heavy atom. The third kappa shape index (κ3) is 6.09. The fraction of sp³-hybridized carbons (Fsp3) is 0.500. The van der Waals surface area contributed by atoms with Gasteiger partial charge in [0.25, 0.3) is 0 Å². The molecule has 0 spiro atoms. The molecule has 10 heteroatoms. The summed E-state index contributed by atoms with van der Waals surface area (Å²) in [6.45, 7) is 2.27. The molecule has 5 nitrogen and oxygen atoms in total. The number of nitrogens with zero attached hydrogens (tertiary/aromatic N) is 2. The van der Waals surface area contributed by atoms with Crippen LogP contribution in [-0.2, 0) is 22.0 Å². The summed E-state index contributed by atoms with van der Waals surface area (Å²) in [5.74, 6) is -0.552. The molecule has 0 radical (unpaired) electrons. The maximum Gasteiger partial charge on any atom is 0.416 e. The summed E-state index contributed by atoms with van der Waals surface area (Å²) in [4.78, 5) is 2.33. The molecule has 2 aromatic rings. The topological polar surface area (TPSA) is 49.9 Å². The minimum atomic E-state index is -4.51. The lowest BCUT2D eigenvalue weighted by Gasteiger charge is -2.41. The van der Waals surface area contributed by atoms with Gasteiger partial charge in [0.2, 0.25) is 10.0 Å². The predicted octanol–water partition coefficient (Wildman–Crippen LogP) is 4.68. The highest BCUT2D eigenvalue weighted by molar-refractivity contribution is 7.88. The van der Waals surface area contributed by atoms with Crippen LogP contribution in [0.3, 0.4) is 0 Å². The molecule has 0 unspecified atom stereocenters. The number of hydrogen-bond acceptors (Lipinski definition) is 4. The highest BCUT2D eigenvalue weighted by Gasteiger charge is 2.34. The number of alkyl halides is 3. The van der Waals surface area contributed by atoms with Crippen LogP contribution in [0.4, 0.5) is 17.6 Å². The number of hydrogen-bond donors (Lipinski definition) is 0. The van der Waals surface area contributed by atoms with Crippen LogP contribution in [0.2, 0.25) is 0 Å². The fourth-order valence-corrected chi connectivity index (χ4v) is 6.25. The van der Waals surface area contributed by atoms with Crippen molar-refractivity contribution in [1.82, 2.24) is 9.21 Å². The molecule has 0 aromatic heterocycles. The molecule has 2 aliphatic heterocycles. The number of halogens is 4. The zero-order valence-electron chi connectivity index (χ0n) is 18.7. The molecule has 0 atom stereocenters. The number of ether oxygens (including phenoxy) is 1. The summed E-state index contributed by atoms with van der Waals surface area (Å²) in [6.07, 6.45) is -1.70.